The molecule has 0 aliphatic rings. The lowest BCUT2D eigenvalue weighted by atomic mass is 10.0. The van der Waals surface area contributed by atoms with Crippen molar-refractivity contribution in [2.45, 2.75) is 66.3 Å². The summed E-state index contributed by atoms with van der Waals surface area (Å²) < 4.78 is 0. The highest BCUT2D eigenvalue weighted by Gasteiger charge is 2.04. The van der Waals surface area contributed by atoms with E-state index in [0.29, 0.717) is 12.0 Å². The molecule has 0 aromatic carbocycles. The van der Waals surface area contributed by atoms with E-state index in [1.54, 1.807) is 0 Å². The van der Waals surface area contributed by atoms with Gasteiger partial charge in [0.1, 0.15) is 0 Å². The predicted molar refractivity (Wildman–Crippen MR) is 110 cm³/mol. The molecule has 0 aliphatic heterocycles. The van der Waals surface area contributed by atoms with Crippen molar-refractivity contribution >= 4 is 29.9 Å². The quantitative estimate of drug-likeness (QED) is 0.229. The zero-order chi connectivity index (χ0) is 16.1. The first kappa shape index (κ1) is 24.2. The van der Waals surface area contributed by atoms with Crippen molar-refractivity contribution in [1.29, 1.82) is 0 Å². The van der Waals surface area contributed by atoms with Crippen molar-refractivity contribution in [2.24, 2.45) is 10.9 Å². The molecule has 0 aromatic rings. The zero-order valence-electron chi connectivity index (χ0n) is 15.6. The SMILES string of the molecule is CCNC(=NCC(CC)CC)NCCCCN(C)C(C)C.I. The molecule has 0 atom stereocenters. The van der Waals surface area contributed by atoms with E-state index in [9.17, 15) is 0 Å². The number of nitrogens with zero attached hydrogens (tertiary/aromatic N) is 2. The molecule has 0 radical (unpaired) electrons. The van der Waals surface area contributed by atoms with Gasteiger partial charge in [-0.2, -0.15) is 0 Å². The fourth-order valence-electron chi connectivity index (χ4n) is 2.06. The summed E-state index contributed by atoms with van der Waals surface area (Å²) in [6, 6.07) is 0.636. The summed E-state index contributed by atoms with van der Waals surface area (Å²) in [5.74, 6) is 1.68. The first-order chi connectivity index (χ1) is 10.0. The molecule has 0 saturated carbocycles. The van der Waals surface area contributed by atoms with E-state index in [1.165, 1.54) is 32.2 Å². The summed E-state index contributed by atoms with van der Waals surface area (Å²) in [5, 5.41) is 6.78. The number of halogens is 1. The van der Waals surface area contributed by atoms with E-state index in [2.05, 4.69) is 57.2 Å². The highest BCUT2D eigenvalue weighted by Crippen LogP contribution is 2.07. The number of hydrogen-bond acceptors (Lipinski definition) is 2. The Labute approximate surface area is 155 Å². The first-order valence-corrected chi connectivity index (χ1v) is 8.77. The van der Waals surface area contributed by atoms with E-state index in [-0.39, 0.29) is 24.0 Å². The molecule has 2 N–H and O–H groups in total. The Morgan fingerprint density at radius 1 is 1.05 bits per heavy atom. The molecule has 0 amide bonds. The van der Waals surface area contributed by atoms with Gasteiger partial charge in [0.25, 0.3) is 0 Å². The number of nitrogens with one attached hydrogen (secondary N) is 2. The van der Waals surface area contributed by atoms with E-state index >= 15 is 0 Å². The summed E-state index contributed by atoms with van der Waals surface area (Å²) in [7, 11) is 2.19. The monoisotopic (exact) mass is 426 g/mol. The van der Waals surface area contributed by atoms with Crippen LogP contribution in [0.25, 0.3) is 0 Å². The first-order valence-electron chi connectivity index (χ1n) is 8.77. The van der Waals surface area contributed by atoms with E-state index in [4.69, 9.17) is 4.99 Å². The lowest BCUT2D eigenvalue weighted by Gasteiger charge is -2.20. The highest BCUT2D eigenvalue weighted by atomic mass is 127. The molecule has 0 unspecified atom stereocenters. The standard InChI is InChI=1S/C17H38N4.HI/c1-7-16(8-2)14-20-17(18-9-3)19-12-10-11-13-21(6)15(4)5;/h15-16H,7-14H2,1-6H3,(H2,18,19,20);1H. The van der Waals surface area contributed by atoms with Crippen LogP contribution >= 0.6 is 24.0 Å². The Kier molecular flexibility index (Phi) is 17.4. The number of rotatable bonds is 11. The fraction of sp³-hybridized carbons (Fsp3) is 0.941. The van der Waals surface area contributed by atoms with Crippen molar-refractivity contribution in [3.63, 3.8) is 0 Å². The fourth-order valence-corrected chi connectivity index (χ4v) is 2.06. The van der Waals surface area contributed by atoms with Gasteiger partial charge in [0.15, 0.2) is 5.96 Å². The maximum atomic E-state index is 4.70. The Morgan fingerprint density at radius 2 is 1.68 bits per heavy atom. The van der Waals surface area contributed by atoms with E-state index in [1.807, 2.05) is 0 Å². The topological polar surface area (TPSA) is 39.7 Å². The van der Waals surface area contributed by atoms with Gasteiger partial charge in [-0.25, -0.2) is 0 Å². The van der Waals surface area contributed by atoms with Crippen molar-refractivity contribution in [3.8, 4) is 0 Å². The minimum atomic E-state index is 0. The smallest absolute Gasteiger partial charge is 0.191 e. The minimum Gasteiger partial charge on any atom is -0.357 e. The summed E-state index contributed by atoms with van der Waals surface area (Å²) in [6.45, 7) is 15.1. The third-order valence-corrected chi connectivity index (χ3v) is 4.12. The highest BCUT2D eigenvalue weighted by molar-refractivity contribution is 14.0. The van der Waals surface area contributed by atoms with Crippen LogP contribution in [0.3, 0.4) is 0 Å². The maximum Gasteiger partial charge on any atom is 0.191 e. The van der Waals surface area contributed by atoms with Crippen LogP contribution in [0.4, 0.5) is 0 Å². The molecule has 4 nitrogen and oxygen atoms in total. The largest absolute Gasteiger partial charge is 0.357 e. The van der Waals surface area contributed by atoms with Crippen molar-refractivity contribution < 1.29 is 0 Å². The van der Waals surface area contributed by atoms with Gasteiger partial charge in [0.2, 0.25) is 0 Å². The molecule has 0 rings (SSSR count). The Bertz CT molecular complexity index is 265. The molecule has 0 bridgehead atoms. The van der Waals surface area contributed by atoms with Crippen LogP contribution < -0.4 is 10.6 Å². The van der Waals surface area contributed by atoms with Crippen LogP contribution in [0.15, 0.2) is 4.99 Å². The number of hydrogen-bond donors (Lipinski definition) is 2. The molecule has 0 spiro atoms. The molecule has 0 aliphatic carbocycles. The molecule has 0 saturated heterocycles. The molecular formula is C17H39IN4. The van der Waals surface area contributed by atoms with Crippen LogP contribution in [0.2, 0.25) is 0 Å². The minimum absolute atomic E-state index is 0. The molecule has 0 heterocycles. The lowest BCUT2D eigenvalue weighted by molar-refractivity contribution is 0.268. The van der Waals surface area contributed by atoms with Gasteiger partial charge in [-0.15, -0.1) is 24.0 Å². The number of aliphatic imine (C=N–C) groups is 1. The molecule has 0 fully saturated rings. The normalized spacial score (nSPS) is 12.0. The van der Waals surface area contributed by atoms with Crippen molar-refractivity contribution in [2.75, 3.05) is 33.2 Å². The third kappa shape index (κ3) is 12.5. The second-order valence-corrected chi connectivity index (χ2v) is 6.11. The van der Waals surface area contributed by atoms with Crippen LogP contribution in [-0.4, -0.2) is 50.1 Å². The number of guanidine groups is 1. The lowest BCUT2D eigenvalue weighted by Crippen LogP contribution is -2.38. The van der Waals surface area contributed by atoms with Crippen LogP contribution in [0.5, 0.6) is 0 Å². The van der Waals surface area contributed by atoms with Gasteiger partial charge in [0.05, 0.1) is 0 Å². The summed E-state index contributed by atoms with van der Waals surface area (Å²) in [4.78, 5) is 7.10. The Balaban J connectivity index is 0. The van der Waals surface area contributed by atoms with Gasteiger partial charge < -0.3 is 15.5 Å². The Morgan fingerprint density at radius 3 is 2.18 bits per heavy atom. The van der Waals surface area contributed by atoms with Gasteiger partial charge >= 0.3 is 0 Å². The van der Waals surface area contributed by atoms with E-state index < -0.39 is 0 Å². The Hall–Kier alpha value is -0.0400. The molecule has 22 heavy (non-hydrogen) atoms. The molecule has 5 heteroatoms. The molecule has 0 aromatic heterocycles. The average molecular weight is 426 g/mol. The molecule has 134 valence electrons. The number of unbranched alkanes of at least 4 members (excludes halogenated alkanes) is 1. The van der Waals surface area contributed by atoms with Crippen LogP contribution in [-0.2, 0) is 0 Å². The second kappa shape index (κ2) is 15.8. The van der Waals surface area contributed by atoms with E-state index in [0.717, 1.165) is 25.6 Å². The van der Waals surface area contributed by atoms with Crippen LogP contribution in [0, 0.1) is 5.92 Å². The average Bonchev–Trinajstić information content (AvgIpc) is 2.47. The maximum absolute atomic E-state index is 4.70. The second-order valence-electron chi connectivity index (χ2n) is 6.11. The summed E-state index contributed by atoms with van der Waals surface area (Å²) >= 11 is 0. The van der Waals surface area contributed by atoms with Crippen LogP contribution in [0.1, 0.15) is 60.3 Å². The third-order valence-electron chi connectivity index (χ3n) is 4.12. The van der Waals surface area contributed by atoms with Crippen molar-refractivity contribution in [3.05, 3.63) is 0 Å². The summed E-state index contributed by atoms with van der Waals surface area (Å²) in [6.07, 6.45) is 4.84. The van der Waals surface area contributed by atoms with Gasteiger partial charge in [0, 0.05) is 25.7 Å². The summed E-state index contributed by atoms with van der Waals surface area (Å²) in [5.41, 5.74) is 0. The van der Waals surface area contributed by atoms with Gasteiger partial charge in [-0.05, 0) is 53.1 Å². The van der Waals surface area contributed by atoms with Gasteiger partial charge in [-0.3, -0.25) is 4.99 Å². The van der Waals surface area contributed by atoms with Gasteiger partial charge in [-0.1, -0.05) is 26.7 Å². The predicted octanol–water partition coefficient (Wildman–Crippen LogP) is 3.72. The molecular weight excluding hydrogens is 387 g/mol. The van der Waals surface area contributed by atoms with Crippen molar-refractivity contribution in [1.82, 2.24) is 15.5 Å². The zero-order valence-corrected chi connectivity index (χ0v) is 17.9.